The van der Waals surface area contributed by atoms with Crippen molar-refractivity contribution in [1.29, 1.82) is 0 Å². The van der Waals surface area contributed by atoms with E-state index in [-0.39, 0.29) is 18.9 Å². The Morgan fingerprint density at radius 2 is 2.00 bits per heavy atom. The molecule has 0 fully saturated rings. The van der Waals surface area contributed by atoms with E-state index in [9.17, 15) is 0 Å². The van der Waals surface area contributed by atoms with Gasteiger partial charge in [-0.1, -0.05) is 0 Å². The molecule has 0 saturated heterocycles. The maximum Gasteiger partial charge on any atom is 1.00 e. The molecule has 0 amide bonds. The van der Waals surface area contributed by atoms with Crippen LogP contribution in [0.2, 0.25) is 0 Å². The van der Waals surface area contributed by atoms with Crippen molar-refractivity contribution in [3.8, 4) is 17.8 Å². The molecule has 0 aromatic rings. The molecule has 0 radical (unpaired) electrons. The second-order valence-corrected chi connectivity index (χ2v) is 0.500. The molecule has 0 aliphatic rings. The van der Waals surface area contributed by atoms with Crippen LogP contribution in [0.5, 0.6) is 0 Å². The van der Waals surface area contributed by atoms with E-state index in [1.807, 2.05) is 5.92 Å². The van der Waals surface area contributed by atoms with E-state index in [0.29, 0.717) is 0 Å². The summed E-state index contributed by atoms with van der Waals surface area (Å²) in [6, 6.07) is 0. The normalized spacial score (nSPS) is 2.67. The first-order chi connectivity index (χ1) is 2.41. The summed E-state index contributed by atoms with van der Waals surface area (Å²) in [5, 5.41) is 0. The van der Waals surface area contributed by atoms with Crippen molar-refractivity contribution in [2.75, 3.05) is 0 Å². The molecule has 0 aliphatic heterocycles. The van der Waals surface area contributed by atoms with Crippen LogP contribution in [0.1, 0.15) is 6.92 Å². The second kappa shape index (κ2) is 8.83. The summed E-state index contributed by atoms with van der Waals surface area (Å²) in [7, 11) is 0. The van der Waals surface area contributed by atoms with Gasteiger partial charge in [0.1, 0.15) is 0 Å². The average molecular weight is 70.0 g/mol. The number of hydrogen-bond donors (Lipinski definition) is 0. The minimum absolute atomic E-state index is 0. The third kappa shape index (κ3) is 9.31. The fraction of sp³-hybridized carbons (Fsp3) is 0.200. The molecule has 0 saturated carbocycles. The predicted molar refractivity (Wildman–Crippen MR) is 20.6 cm³/mol. The van der Waals surface area contributed by atoms with Gasteiger partial charge in [-0.3, -0.25) is 11.8 Å². The standard InChI is InChI=1S/C5H3.Li/c1-3-5-4-2;/h1H3;/q-1;+1. The van der Waals surface area contributed by atoms with Crippen molar-refractivity contribution in [2.45, 2.75) is 6.92 Å². The van der Waals surface area contributed by atoms with Gasteiger partial charge in [0, 0.05) is 0 Å². The molecule has 0 rings (SSSR count). The Morgan fingerprint density at radius 3 is 2.00 bits per heavy atom. The van der Waals surface area contributed by atoms with Crippen molar-refractivity contribution < 1.29 is 18.9 Å². The van der Waals surface area contributed by atoms with Crippen LogP contribution in [0.4, 0.5) is 0 Å². The van der Waals surface area contributed by atoms with Gasteiger partial charge in [-0.05, 0) is 6.92 Å². The molecule has 0 aromatic heterocycles. The molecule has 0 bridgehead atoms. The summed E-state index contributed by atoms with van der Waals surface area (Å²) in [6.07, 6.45) is 6.18. The zero-order chi connectivity index (χ0) is 4.12. The molecular formula is C5H3Li. The molecular weight excluding hydrogens is 67.0 g/mol. The zero-order valence-electron chi connectivity index (χ0n) is 4.00. The van der Waals surface area contributed by atoms with Crippen molar-refractivity contribution in [1.82, 2.24) is 0 Å². The summed E-state index contributed by atoms with van der Waals surface area (Å²) in [5.41, 5.74) is 0. The second-order valence-electron chi connectivity index (χ2n) is 0.500. The maximum atomic E-state index is 6.18. The van der Waals surface area contributed by atoms with Gasteiger partial charge < -0.3 is 6.42 Å². The SMILES string of the molecule is [C-]#CC#CC.[Li+]. The summed E-state index contributed by atoms with van der Waals surface area (Å²) < 4.78 is 0. The molecule has 0 aromatic carbocycles. The Bertz CT molecular complexity index is 97.3. The topological polar surface area (TPSA) is 0 Å². The van der Waals surface area contributed by atoms with Crippen LogP contribution in [-0.4, -0.2) is 0 Å². The van der Waals surface area contributed by atoms with E-state index in [0.717, 1.165) is 0 Å². The Labute approximate surface area is 50.5 Å². The van der Waals surface area contributed by atoms with Gasteiger partial charge in [0.2, 0.25) is 0 Å². The zero-order valence-corrected chi connectivity index (χ0v) is 4.00. The van der Waals surface area contributed by atoms with E-state index >= 15 is 0 Å². The summed E-state index contributed by atoms with van der Waals surface area (Å²) >= 11 is 0. The quantitative estimate of drug-likeness (QED) is 0.169. The van der Waals surface area contributed by atoms with Gasteiger partial charge in [0.25, 0.3) is 0 Å². The Hall–Kier alpha value is -0.283. The van der Waals surface area contributed by atoms with E-state index in [2.05, 4.69) is 11.8 Å². The molecule has 0 aliphatic carbocycles. The Kier molecular flexibility index (Phi) is 13.5. The fourth-order valence-electron chi connectivity index (χ4n) is 0.0625. The van der Waals surface area contributed by atoms with Gasteiger partial charge in [0.05, 0.1) is 0 Å². The van der Waals surface area contributed by atoms with Crippen molar-refractivity contribution in [2.24, 2.45) is 0 Å². The van der Waals surface area contributed by atoms with Gasteiger partial charge >= 0.3 is 18.9 Å². The maximum absolute atomic E-state index is 6.18. The van der Waals surface area contributed by atoms with Crippen LogP contribution in [0.25, 0.3) is 0 Å². The van der Waals surface area contributed by atoms with E-state index < -0.39 is 0 Å². The first-order valence-electron chi connectivity index (χ1n) is 1.25. The molecule has 6 heavy (non-hydrogen) atoms. The van der Waals surface area contributed by atoms with E-state index in [1.54, 1.807) is 6.92 Å². The number of hydrogen-bond acceptors (Lipinski definition) is 0. The van der Waals surface area contributed by atoms with Crippen molar-refractivity contribution in [3.63, 3.8) is 0 Å². The van der Waals surface area contributed by atoms with Gasteiger partial charge in [0.15, 0.2) is 0 Å². The van der Waals surface area contributed by atoms with Gasteiger partial charge in [-0.2, -0.15) is 0 Å². The largest absolute Gasteiger partial charge is 1.00 e. The summed E-state index contributed by atoms with van der Waals surface area (Å²) in [4.78, 5) is 0. The molecule has 0 N–H and O–H groups in total. The van der Waals surface area contributed by atoms with E-state index in [1.165, 1.54) is 0 Å². The monoisotopic (exact) mass is 70.0 g/mol. The first-order valence-corrected chi connectivity index (χ1v) is 1.25. The predicted octanol–water partition coefficient (Wildman–Crippen LogP) is -2.40. The molecule has 0 spiro atoms. The van der Waals surface area contributed by atoms with Gasteiger partial charge in [-0.25, -0.2) is 5.92 Å². The summed E-state index contributed by atoms with van der Waals surface area (Å²) in [5.74, 6) is 6.65. The fourth-order valence-corrected chi connectivity index (χ4v) is 0.0625. The molecule has 1 heteroatoms. The molecule has 0 nitrogen and oxygen atoms in total. The van der Waals surface area contributed by atoms with Crippen LogP contribution < -0.4 is 18.9 Å². The third-order valence-electron chi connectivity index (χ3n) is 0.188. The third-order valence-corrected chi connectivity index (χ3v) is 0.188. The van der Waals surface area contributed by atoms with E-state index in [4.69, 9.17) is 6.42 Å². The molecule has 0 atom stereocenters. The smallest absolute Gasteiger partial charge is 0.358 e. The summed E-state index contributed by atoms with van der Waals surface area (Å²) in [6.45, 7) is 1.67. The number of rotatable bonds is 0. The van der Waals surface area contributed by atoms with Crippen LogP contribution >= 0.6 is 0 Å². The molecule has 0 unspecified atom stereocenters. The van der Waals surface area contributed by atoms with Crippen molar-refractivity contribution in [3.05, 3.63) is 6.42 Å². The van der Waals surface area contributed by atoms with Crippen LogP contribution in [-0.2, 0) is 0 Å². The average Bonchev–Trinajstić information content (AvgIpc) is 1.41. The van der Waals surface area contributed by atoms with Crippen LogP contribution in [0.3, 0.4) is 0 Å². The minimum atomic E-state index is 0. The molecule has 24 valence electrons. The molecule has 0 heterocycles. The van der Waals surface area contributed by atoms with Gasteiger partial charge in [-0.15, -0.1) is 0 Å². The van der Waals surface area contributed by atoms with Crippen molar-refractivity contribution >= 4 is 0 Å². The Balaban J connectivity index is 0. The van der Waals surface area contributed by atoms with Crippen LogP contribution in [0, 0.1) is 24.2 Å². The Morgan fingerprint density at radius 1 is 1.50 bits per heavy atom. The minimum Gasteiger partial charge on any atom is -0.358 e. The first kappa shape index (κ1) is 9.21. The van der Waals surface area contributed by atoms with Crippen LogP contribution in [0.15, 0.2) is 0 Å².